The monoisotopic (exact) mass is 367 g/mol. The van der Waals surface area contributed by atoms with E-state index in [9.17, 15) is 26.7 Å². The van der Waals surface area contributed by atoms with E-state index in [-0.39, 0.29) is 9.99 Å². The summed E-state index contributed by atoms with van der Waals surface area (Å²) in [4.78, 5) is 13.9. The molecule has 0 aliphatic carbocycles. The van der Waals surface area contributed by atoms with Crippen LogP contribution in [0.3, 0.4) is 0 Å². The smallest absolute Gasteiger partial charge is 0.403 e. The molecule has 0 amide bonds. The van der Waals surface area contributed by atoms with Gasteiger partial charge in [-0.05, 0) is 28.7 Å². The summed E-state index contributed by atoms with van der Waals surface area (Å²) < 4.78 is 64.3. The molecule has 1 heterocycles. The van der Waals surface area contributed by atoms with E-state index in [2.05, 4.69) is 9.72 Å². The lowest BCUT2D eigenvalue weighted by Crippen LogP contribution is -2.20. The van der Waals surface area contributed by atoms with Crippen molar-refractivity contribution in [2.75, 3.05) is 0 Å². The van der Waals surface area contributed by atoms with E-state index in [0.717, 1.165) is 6.07 Å². The molecule has 1 aromatic rings. The third kappa shape index (κ3) is 3.75. The molecule has 0 unspecified atom stereocenters. The van der Waals surface area contributed by atoms with E-state index < -0.39 is 29.8 Å². The molecule has 9 heteroatoms. The second kappa shape index (κ2) is 5.10. The van der Waals surface area contributed by atoms with Crippen molar-refractivity contribution in [2.24, 2.45) is 0 Å². The molecule has 0 bridgehead atoms. The van der Waals surface area contributed by atoms with Gasteiger partial charge in [0.15, 0.2) is 12.0 Å². The zero-order valence-electron chi connectivity index (χ0n) is 7.76. The molecular weight excluding hydrogens is 364 g/mol. The molecule has 0 radical (unpaired) electrons. The van der Waals surface area contributed by atoms with Gasteiger partial charge in [-0.2, -0.15) is 0 Å². The van der Waals surface area contributed by atoms with Crippen molar-refractivity contribution in [3.8, 4) is 5.75 Å². The maximum atomic E-state index is 12.5. The summed E-state index contributed by atoms with van der Waals surface area (Å²) in [5, 5.41) is 0. The molecule has 1 rings (SSSR count). The number of hydrogen-bond donors (Lipinski definition) is 0. The quantitative estimate of drug-likeness (QED) is 0.356. The van der Waals surface area contributed by atoms with Crippen molar-refractivity contribution in [1.29, 1.82) is 0 Å². The highest BCUT2D eigenvalue weighted by Crippen LogP contribution is 2.35. The average Bonchev–Trinajstić information content (AvgIpc) is 2.17. The lowest BCUT2D eigenvalue weighted by molar-refractivity contribution is -0.275. The normalized spacial score (nSPS) is 11.7. The van der Waals surface area contributed by atoms with Gasteiger partial charge in [-0.1, -0.05) is 0 Å². The van der Waals surface area contributed by atoms with Crippen LogP contribution in [0.4, 0.5) is 22.0 Å². The number of hydrogen-bond acceptors (Lipinski definition) is 3. The van der Waals surface area contributed by atoms with Crippen molar-refractivity contribution in [3.63, 3.8) is 0 Å². The Morgan fingerprint density at radius 2 is 2.00 bits per heavy atom. The van der Waals surface area contributed by atoms with E-state index in [0.29, 0.717) is 0 Å². The number of carbonyl (C=O) groups excluding carboxylic acids is 1. The molecule has 0 aliphatic rings. The van der Waals surface area contributed by atoms with Crippen LogP contribution < -0.4 is 4.74 Å². The van der Waals surface area contributed by atoms with Gasteiger partial charge in [-0.15, -0.1) is 13.2 Å². The number of nitrogens with zero attached hydrogens (tertiary/aromatic N) is 1. The molecule has 0 saturated carbocycles. The summed E-state index contributed by atoms with van der Waals surface area (Å²) in [6.07, 6.45) is -8.45. The molecule has 0 atom stereocenters. The zero-order chi connectivity index (χ0) is 13.2. The van der Waals surface area contributed by atoms with Crippen LogP contribution in [0, 0.1) is 3.70 Å². The number of alkyl halides is 5. The van der Waals surface area contributed by atoms with Crippen LogP contribution in [0.25, 0.3) is 0 Å². The SMILES string of the molecule is O=Cc1nc(I)cc(C(F)F)c1OC(F)(F)F. The first-order chi connectivity index (χ1) is 7.74. The lowest BCUT2D eigenvalue weighted by atomic mass is 10.2. The van der Waals surface area contributed by atoms with Gasteiger partial charge in [-0.3, -0.25) is 4.79 Å². The lowest BCUT2D eigenvalue weighted by Gasteiger charge is -2.14. The minimum atomic E-state index is -5.17. The predicted octanol–water partition coefficient (Wildman–Crippen LogP) is 3.33. The molecular formula is C8H3F5INO2. The standard InChI is InChI=1S/C8H3F5INO2/c9-7(10)3-1-5(14)15-4(2-16)6(3)17-8(11,12)13/h1-2,7H. The fourth-order valence-corrected chi connectivity index (χ4v) is 1.60. The third-order valence-electron chi connectivity index (χ3n) is 1.56. The maximum Gasteiger partial charge on any atom is 0.573 e. The van der Waals surface area contributed by atoms with Crippen LogP contribution in [0.5, 0.6) is 5.75 Å². The van der Waals surface area contributed by atoms with Gasteiger partial charge in [0.1, 0.15) is 9.39 Å². The number of ether oxygens (including phenoxy) is 1. The maximum absolute atomic E-state index is 12.5. The Morgan fingerprint density at radius 1 is 1.41 bits per heavy atom. The van der Waals surface area contributed by atoms with Crippen LogP contribution in [0.2, 0.25) is 0 Å². The molecule has 1 aromatic heterocycles. The zero-order valence-corrected chi connectivity index (χ0v) is 9.92. The van der Waals surface area contributed by atoms with Gasteiger partial charge in [0.2, 0.25) is 0 Å². The predicted molar refractivity (Wildman–Crippen MR) is 54.0 cm³/mol. The Bertz CT molecular complexity index is 435. The van der Waals surface area contributed by atoms with Gasteiger partial charge in [0.25, 0.3) is 6.43 Å². The Hall–Kier alpha value is -1.00. The molecule has 3 nitrogen and oxygen atoms in total. The fraction of sp³-hybridized carbons (Fsp3) is 0.250. The molecule has 0 fully saturated rings. The Balaban J connectivity index is 3.37. The van der Waals surface area contributed by atoms with Crippen molar-refractivity contribution >= 4 is 28.9 Å². The molecule has 0 spiro atoms. The van der Waals surface area contributed by atoms with Crippen molar-refractivity contribution in [2.45, 2.75) is 12.8 Å². The molecule has 0 N–H and O–H groups in total. The minimum absolute atomic E-state index is 0.0328. The van der Waals surface area contributed by atoms with Crippen LogP contribution in [-0.4, -0.2) is 17.6 Å². The van der Waals surface area contributed by atoms with E-state index in [1.165, 1.54) is 22.6 Å². The molecule has 17 heavy (non-hydrogen) atoms. The number of aldehydes is 1. The van der Waals surface area contributed by atoms with Gasteiger partial charge in [0, 0.05) is 0 Å². The topological polar surface area (TPSA) is 39.2 Å². The van der Waals surface area contributed by atoms with Crippen LogP contribution in [-0.2, 0) is 0 Å². The summed E-state index contributed by atoms with van der Waals surface area (Å²) in [6, 6.07) is 0.722. The van der Waals surface area contributed by atoms with E-state index in [1.807, 2.05) is 0 Å². The van der Waals surface area contributed by atoms with Crippen LogP contribution in [0.1, 0.15) is 22.5 Å². The average molecular weight is 367 g/mol. The number of rotatable bonds is 3. The summed E-state index contributed by atoms with van der Waals surface area (Å²) in [6.45, 7) is 0. The highest BCUT2D eigenvalue weighted by atomic mass is 127. The van der Waals surface area contributed by atoms with Gasteiger partial charge < -0.3 is 4.74 Å². The highest BCUT2D eigenvalue weighted by Gasteiger charge is 2.35. The van der Waals surface area contributed by atoms with E-state index in [4.69, 9.17) is 0 Å². The van der Waals surface area contributed by atoms with Crippen molar-refractivity contribution in [1.82, 2.24) is 4.98 Å². The Labute approximate surface area is 105 Å². The van der Waals surface area contributed by atoms with Crippen LogP contribution in [0.15, 0.2) is 6.07 Å². The molecule has 0 aromatic carbocycles. The molecule has 94 valence electrons. The first kappa shape index (κ1) is 14.1. The van der Waals surface area contributed by atoms with Gasteiger partial charge in [-0.25, -0.2) is 13.8 Å². The number of halogens is 6. The summed E-state index contributed by atoms with van der Waals surface area (Å²) >= 11 is 1.50. The first-order valence-corrected chi connectivity index (χ1v) is 5.02. The fourth-order valence-electron chi connectivity index (χ4n) is 1.01. The molecule has 0 saturated heterocycles. The third-order valence-corrected chi connectivity index (χ3v) is 2.11. The van der Waals surface area contributed by atoms with Crippen LogP contribution >= 0.6 is 22.6 Å². The largest absolute Gasteiger partial charge is 0.573 e. The molecule has 0 aliphatic heterocycles. The second-order valence-corrected chi connectivity index (χ2v) is 3.82. The van der Waals surface area contributed by atoms with Crippen molar-refractivity contribution in [3.05, 3.63) is 21.0 Å². The minimum Gasteiger partial charge on any atom is -0.403 e. The van der Waals surface area contributed by atoms with Crippen molar-refractivity contribution < 1.29 is 31.5 Å². The summed E-state index contributed by atoms with van der Waals surface area (Å²) in [5.74, 6) is -1.26. The number of pyridine rings is 1. The number of aromatic nitrogens is 1. The second-order valence-electron chi connectivity index (χ2n) is 2.71. The van der Waals surface area contributed by atoms with Gasteiger partial charge in [0.05, 0.1) is 5.56 Å². The van der Waals surface area contributed by atoms with E-state index in [1.54, 1.807) is 0 Å². The van der Waals surface area contributed by atoms with Gasteiger partial charge >= 0.3 is 6.36 Å². The Morgan fingerprint density at radius 3 is 2.41 bits per heavy atom. The number of carbonyl (C=O) groups is 1. The first-order valence-electron chi connectivity index (χ1n) is 3.94. The highest BCUT2D eigenvalue weighted by molar-refractivity contribution is 14.1. The summed E-state index contributed by atoms with van der Waals surface area (Å²) in [7, 11) is 0. The summed E-state index contributed by atoms with van der Waals surface area (Å²) in [5.41, 5.74) is -1.84. The Kier molecular flexibility index (Phi) is 4.22. The van der Waals surface area contributed by atoms with E-state index >= 15 is 0 Å².